The third-order valence-electron chi connectivity index (χ3n) is 25.7. The summed E-state index contributed by atoms with van der Waals surface area (Å²) in [6, 6.07) is 12.3. The first kappa shape index (κ1) is 99.5. The minimum Gasteiger partial charge on any atom is -0.420 e. The molecule has 5 rings (SSSR count). The number of hydrogen-bond donors (Lipinski definition) is 10. The largest absolute Gasteiger partial charge is 0.420 e. The number of aliphatic hydroxyl groups excluding tert-OH is 10. The van der Waals surface area contributed by atoms with E-state index >= 15 is 0 Å². The quantitative estimate of drug-likeness (QED) is 0.0201. The molecule has 606 valence electrons. The fourth-order valence-corrected chi connectivity index (χ4v) is 29.8. The molecule has 0 aromatic carbocycles. The number of unbranched alkanes of at least 4 members (excludes halogenated alkanes) is 13. The van der Waals surface area contributed by atoms with Crippen LogP contribution < -0.4 is 0 Å². The average molecular weight is 1530 g/mol. The van der Waals surface area contributed by atoms with E-state index in [1.165, 1.54) is 182 Å². The van der Waals surface area contributed by atoms with Crippen molar-refractivity contribution in [1.29, 1.82) is 0 Å². The van der Waals surface area contributed by atoms with E-state index in [2.05, 4.69) is 74.3 Å². The Hall–Kier alpha value is 0.484. The van der Waals surface area contributed by atoms with E-state index in [9.17, 15) is 51.1 Å². The third kappa shape index (κ3) is 44.8. The van der Waals surface area contributed by atoms with Gasteiger partial charge in [-0.2, -0.15) is 0 Å². The number of hydrogen-bond acceptors (Lipinski definition) is 15. The van der Waals surface area contributed by atoms with Crippen LogP contribution in [0.3, 0.4) is 0 Å². The van der Waals surface area contributed by atoms with Crippen LogP contribution in [0.25, 0.3) is 0 Å². The molecule has 5 saturated carbocycles. The van der Waals surface area contributed by atoms with E-state index in [1.807, 2.05) is 35.5 Å². The van der Waals surface area contributed by atoms with Gasteiger partial charge in [0.25, 0.3) is 0 Å². The van der Waals surface area contributed by atoms with Gasteiger partial charge in [0.05, 0.1) is 61.0 Å². The Morgan fingerprint density at radius 1 is 0.257 bits per heavy atom. The van der Waals surface area contributed by atoms with Gasteiger partial charge < -0.3 is 73.2 Å². The lowest BCUT2D eigenvalue weighted by atomic mass is 9.84. The zero-order valence-corrected chi connectivity index (χ0v) is 73.9. The highest BCUT2D eigenvalue weighted by atomic mass is 28.4. The molecular formula is C81H172O15Si5. The van der Waals surface area contributed by atoms with Gasteiger partial charge in [-0.25, -0.2) is 0 Å². The van der Waals surface area contributed by atoms with E-state index < -0.39 is 103 Å². The van der Waals surface area contributed by atoms with Crippen molar-refractivity contribution >= 4 is 41.6 Å². The molecule has 20 heteroatoms. The molecule has 21 unspecified atom stereocenters. The van der Waals surface area contributed by atoms with E-state index in [-0.39, 0.29) is 0 Å². The van der Waals surface area contributed by atoms with Crippen molar-refractivity contribution in [3.63, 3.8) is 0 Å². The van der Waals surface area contributed by atoms with Crippen molar-refractivity contribution in [2.45, 2.75) is 446 Å². The predicted octanol–water partition coefficient (Wildman–Crippen LogP) is 18.7. The Morgan fingerprint density at radius 2 is 0.455 bits per heavy atom. The van der Waals surface area contributed by atoms with Gasteiger partial charge in [0.1, 0.15) is 0 Å². The van der Waals surface area contributed by atoms with Crippen molar-refractivity contribution in [3.05, 3.63) is 0 Å². The standard InChI is InChI=1S/C18H38O3Si.C17H36O3Si.2C16H34O3Si.C14H30O3Si/c1-4-5-6-7-8-9-13-22(3,21-2)14-12-16-10-11-17(19)18(20)15-16;1-4-5-6-7-8-12-21(3,20-2)13-11-15-9-10-16(18)17(19)14-15;1-5-13(2)8-10-20(4,19-3)11-9-14-6-7-15(17)16(18)12-14;1-4-5-6-7-11-20(3,19-2)12-10-14-8-9-15(17)16(18)13-14;1-4-5-9-18(3,17-2)10-8-12-6-7-13(15)14(16)11-12/h16-20H,4-15H2,1-3H3;15-19H,4-14H2,1-3H3;13-18H,5-12H2,1-4H3;14-18H,4-13H2,1-3H3;12-16H,4-11H2,1-3H3. The average Bonchev–Trinajstić information content (AvgIpc) is 0.903. The van der Waals surface area contributed by atoms with Crippen LogP contribution >= 0.6 is 0 Å². The maximum absolute atomic E-state index is 9.81. The molecule has 0 aliphatic heterocycles. The summed E-state index contributed by atoms with van der Waals surface area (Å²) in [5, 5.41) is 96.7. The Bertz CT molecular complexity index is 1950. The Morgan fingerprint density at radius 3 is 0.663 bits per heavy atom. The summed E-state index contributed by atoms with van der Waals surface area (Å²) in [6.45, 7) is 25.3. The molecule has 0 aromatic heterocycles. The van der Waals surface area contributed by atoms with Crippen molar-refractivity contribution in [2.24, 2.45) is 35.5 Å². The van der Waals surface area contributed by atoms with Crippen LogP contribution in [0.15, 0.2) is 0 Å². The lowest BCUT2D eigenvalue weighted by Gasteiger charge is -2.33. The highest BCUT2D eigenvalue weighted by Crippen LogP contribution is 2.38. The van der Waals surface area contributed by atoms with Crippen molar-refractivity contribution in [2.75, 3.05) is 35.5 Å². The summed E-state index contributed by atoms with van der Waals surface area (Å²) in [5.74, 6) is 3.66. The second kappa shape index (κ2) is 56.7. The van der Waals surface area contributed by atoms with Crippen molar-refractivity contribution in [3.8, 4) is 0 Å². The molecule has 0 bridgehead atoms. The van der Waals surface area contributed by atoms with Crippen molar-refractivity contribution < 1.29 is 73.2 Å². The van der Waals surface area contributed by atoms with Crippen LogP contribution in [-0.4, -0.2) is 189 Å². The fourth-order valence-electron chi connectivity index (χ4n) is 16.2. The van der Waals surface area contributed by atoms with Crippen LogP contribution in [0.4, 0.5) is 0 Å². The molecule has 5 aliphatic rings. The highest BCUT2D eigenvalue weighted by Gasteiger charge is 2.38. The molecule has 0 aromatic rings. The number of aliphatic hydroxyl groups is 10. The molecule has 101 heavy (non-hydrogen) atoms. The first-order valence-electron chi connectivity index (χ1n) is 42.5. The minimum absolute atomic E-state index is 0.493. The van der Waals surface area contributed by atoms with Crippen molar-refractivity contribution in [1.82, 2.24) is 0 Å². The Balaban J connectivity index is 0.000000632. The first-order chi connectivity index (χ1) is 47.9. The predicted molar refractivity (Wildman–Crippen MR) is 436 cm³/mol. The Kier molecular flexibility index (Phi) is 55.8. The topological polar surface area (TPSA) is 248 Å². The zero-order valence-electron chi connectivity index (χ0n) is 68.9. The smallest absolute Gasteiger partial charge is 0.189 e. The van der Waals surface area contributed by atoms with Gasteiger partial charge in [-0.1, -0.05) is 196 Å². The van der Waals surface area contributed by atoms with Gasteiger partial charge in [-0.05, 0) is 225 Å². The maximum atomic E-state index is 9.81. The summed E-state index contributed by atoms with van der Waals surface area (Å²) >= 11 is 0. The van der Waals surface area contributed by atoms with E-state index in [0.717, 1.165) is 134 Å². The van der Waals surface area contributed by atoms with E-state index in [1.54, 1.807) is 0 Å². The molecule has 5 fully saturated rings. The summed E-state index contributed by atoms with van der Waals surface area (Å²) in [5.41, 5.74) is 0. The second-order valence-corrected chi connectivity index (χ2v) is 56.2. The molecule has 0 spiro atoms. The normalized spacial score (nSPS) is 30.3. The maximum Gasteiger partial charge on any atom is 0.189 e. The van der Waals surface area contributed by atoms with E-state index in [4.69, 9.17) is 22.1 Å². The second-order valence-electron chi connectivity index (χ2n) is 34.7. The summed E-state index contributed by atoms with van der Waals surface area (Å²) in [7, 11) is 1.67. The van der Waals surface area contributed by atoms with Gasteiger partial charge in [-0.15, -0.1) is 0 Å². The van der Waals surface area contributed by atoms with Gasteiger partial charge in [-0.3, -0.25) is 0 Å². The molecule has 15 nitrogen and oxygen atoms in total. The summed E-state index contributed by atoms with van der Waals surface area (Å²) in [6.07, 6.45) is 38.7. The molecular weight excluding hydrogens is 1350 g/mol. The molecule has 0 radical (unpaired) electrons. The highest BCUT2D eigenvalue weighted by molar-refractivity contribution is 6.74. The van der Waals surface area contributed by atoms with Crippen LogP contribution in [0.1, 0.15) is 292 Å². The van der Waals surface area contributed by atoms with Crippen LogP contribution in [-0.2, 0) is 22.1 Å². The molecule has 5 aliphatic carbocycles. The first-order valence-corrected chi connectivity index (χ1v) is 56.6. The summed E-state index contributed by atoms with van der Waals surface area (Å²) in [4.78, 5) is 0. The zero-order chi connectivity index (χ0) is 75.9. The SMILES string of the molecule is CCC(C)CC[Si](C)(CCC1CCC(O)C(O)C1)OC.CCCCCCCC[Si](C)(CCC1CCC(O)C(O)C1)OC.CCCCCCC[Si](C)(CCC1CCC(O)C(O)C1)OC.CCCCCC[Si](C)(CCC1CCC(O)C(O)C1)OC.CCCC[Si](C)(CCC1CCC(O)C(O)C1)OC. The molecule has 0 saturated heterocycles. The van der Waals surface area contributed by atoms with Gasteiger partial charge >= 0.3 is 0 Å². The van der Waals surface area contributed by atoms with Gasteiger partial charge in [0.2, 0.25) is 0 Å². The monoisotopic (exact) mass is 1530 g/mol. The van der Waals surface area contributed by atoms with E-state index in [0.29, 0.717) is 29.6 Å². The minimum atomic E-state index is -1.57. The molecule has 10 N–H and O–H groups in total. The molecule has 0 amide bonds. The summed E-state index contributed by atoms with van der Waals surface area (Å²) < 4.78 is 29.4. The molecule has 21 atom stereocenters. The number of rotatable bonds is 45. The molecule has 0 heterocycles. The van der Waals surface area contributed by atoms with Crippen LogP contribution in [0.5, 0.6) is 0 Å². The van der Waals surface area contributed by atoms with Crippen LogP contribution in [0.2, 0.25) is 93.2 Å². The lowest BCUT2D eigenvalue weighted by Crippen LogP contribution is -2.37. The third-order valence-corrected chi connectivity index (χ3v) is 44.3. The van der Waals surface area contributed by atoms with Gasteiger partial charge in [0, 0.05) is 35.5 Å². The fraction of sp³-hybridized carbons (Fsp3) is 1.00. The lowest BCUT2D eigenvalue weighted by molar-refractivity contribution is -0.0259. The Labute approximate surface area is 628 Å². The van der Waals surface area contributed by atoms with Gasteiger partial charge in [0.15, 0.2) is 41.6 Å². The van der Waals surface area contributed by atoms with Crippen LogP contribution in [0, 0.1) is 35.5 Å².